The highest BCUT2D eigenvalue weighted by Gasteiger charge is 2.34. The third kappa shape index (κ3) is 5.17. The molecule has 1 amide bonds. The van der Waals surface area contributed by atoms with Crippen molar-refractivity contribution in [1.82, 2.24) is 9.62 Å². The highest BCUT2D eigenvalue weighted by Crippen LogP contribution is 2.28. The number of ether oxygens (including phenoxy) is 1. The summed E-state index contributed by atoms with van der Waals surface area (Å²) in [5.41, 5.74) is 0. The van der Waals surface area contributed by atoms with Crippen molar-refractivity contribution in [2.45, 2.75) is 24.1 Å². The number of carbonyl (C=O) groups is 1. The molecular weight excluding hydrogens is 419 g/mol. The van der Waals surface area contributed by atoms with Gasteiger partial charge in [-0.05, 0) is 25.0 Å². The Balaban J connectivity index is 1.63. The number of hydrogen-bond acceptors (Lipinski definition) is 6. The van der Waals surface area contributed by atoms with Gasteiger partial charge < -0.3 is 10.1 Å². The molecule has 28 heavy (non-hydrogen) atoms. The Morgan fingerprint density at radius 3 is 2.61 bits per heavy atom. The fourth-order valence-corrected chi connectivity index (χ4v) is 5.19. The van der Waals surface area contributed by atoms with Crippen molar-refractivity contribution < 1.29 is 31.1 Å². The van der Waals surface area contributed by atoms with E-state index in [1.165, 1.54) is 28.2 Å². The number of hydrogen-bond donors (Lipinski definition) is 1. The summed E-state index contributed by atoms with van der Waals surface area (Å²) < 4.78 is 67.5. The maximum Gasteiger partial charge on any atom is 0.573 e. The lowest BCUT2D eigenvalue weighted by Crippen LogP contribution is -2.43. The smallest absolute Gasteiger partial charge is 0.406 e. The average Bonchev–Trinajstić information content (AvgIpc) is 3.13. The summed E-state index contributed by atoms with van der Waals surface area (Å²) in [7, 11) is -3.99. The number of benzene rings is 1. The third-order valence-corrected chi connectivity index (χ3v) is 7.10. The summed E-state index contributed by atoms with van der Waals surface area (Å²) >= 11 is 1.46. The first-order chi connectivity index (χ1) is 13.1. The number of nitrogens with zero attached hydrogens (tertiary/aromatic N) is 2. The molecule has 0 saturated carbocycles. The van der Waals surface area contributed by atoms with Gasteiger partial charge in [-0.15, -0.1) is 13.2 Å². The van der Waals surface area contributed by atoms with Crippen LogP contribution in [0.2, 0.25) is 0 Å². The van der Waals surface area contributed by atoms with Crippen molar-refractivity contribution >= 4 is 32.9 Å². The zero-order chi connectivity index (χ0) is 20.4. The Morgan fingerprint density at radius 1 is 1.29 bits per heavy atom. The number of aliphatic imine (C=N–C) groups is 1. The van der Waals surface area contributed by atoms with Crippen molar-refractivity contribution in [3.63, 3.8) is 0 Å². The molecule has 12 heteroatoms. The molecule has 154 valence electrons. The number of amides is 1. The fraction of sp³-hybridized carbons (Fsp3) is 0.500. The van der Waals surface area contributed by atoms with E-state index in [2.05, 4.69) is 15.0 Å². The van der Waals surface area contributed by atoms with Gasteiger partial charge in [-0.1, -0.05) is 17.8 Å². The number of rotatable bonds is 4. The van der Waals surface area contributed by atoms with Crippen LogP contribution in [0.25, 0.3) is 0 Å². The van der Waals surface area contributed by atoms with E-state index in [1.807, 2.05) is 0 Å². The van der Waals surface area contributed by atoms with Crippen LogP contribution < -0.4 is 10.1 Å². The molecule has 0 bridgehead atoms. The first-order valence-electron chi connectivity index (χ1n) is 8.49. The predicted molar refractivity (Wildman–Crippen MR) is 97.5 cm³/mol. The number of amidine groups is 1. The maximum absolute atomic E-state index is 12.7. The highest BCUT2D eigenvalue weighted by atomic mass is 32.2. The Morgan fingerprint density at radius 2 is 2.00 bits per heavy atom. The molecule has 2 heterocycles. The van der Waals surface area contributed by atoms with Gasteiger partial charge >= 0.3 is 6.36 Å². The Labute approximate surface area is 164 Å². The summed E-state index contributed by atoms with van der Waals surface area (Å²) in [6.07, 6.45) is -4.26. The quantitative estimate of drug-likeness (QED) is 0.780. The van der Waals surface area contributed by atoms with E-state index in [0.29, 0.717) is 24.6 Å². The highest BCUT2D eigenvalue weighted by molar-refractivity contribution is 8.14. The number of sulfonamides is 1. The number of thioether (sulfide) groups is 1. The van der Waals surface area contributed by atoms with Gasteiger partial charge in [-0.3, -0.25) is 9.79 Å². The normalized spacial score (nSPS) is 19.3. The molecule has 2 aliphatic rings. The summed E-state index contributed by atoms with van der Waals surface area (Å²) in [6, 6.07) is 4.28. The molecule has 1 aromatic rings. The molecule has 1 aromatic carbocycles. The van der Waals surface area contributed by atoms with Gasteiger partial charge in [0.05, 0.1) is 11.4 Å². The van der Waals surface area contributed by atoms with Gasteiger partial charge in [0.2, 0.25) is 15.9 Å². The third-order valence-electron chi connectivity index (χ3n) is 4.32. The zero-order valence-corrected chi connectivity index (χ0v) is 16.2. The second-order valence-corrected chi connectivity index (χ2v) is 9.25. The van der Waals surface area contributed by atoms with Crippen LogP contribution in [0.5, 0.6) is 5.75 Å². The van der Waals surface area contributed by atoms with Crippen molar-refractivity contribution in [1.29, 1.82) is 0 Å². The Kier molecular flexibility index (Phi) is 6.20. The Hall–Kier alpha value is -1.79. The number of alkyl halides is 3. The minimum absolute atomic E-state index is 0.102. The van der Waals surface area contributed by atoms with Crippen molar-refractivity contribution in [2.75, 3.05) is 25.4 Å². The number of nitrogens with one attached hydrogen (secondary N) is 1. The van der Waals surface area contributed by atoms with Gasteiger partial charge in [-0.25, -0.2) is 8.42 Å². The lowest BCUT2D eigenvalue weighted by atomic mass is 9.97. The molecule has 1 saturated heterocycles. The van der Waals surface area contributed by atoms with Gasteiger partial charge in [-0.2, -0.15) is 4.31 Å². The number of halogens is 3. The topological polar surface area (TPSA) is 88.1 Å². The van der Waals surface area contributed by atoms with Crippen LogP contribution in [0, 0.1) is 5.92 Å². The number of carbonyl (C=O) groups excluding carboxylic acids is 1. The van der Waals surface area contributed by atoms with Crippen LogP contribution in [0.4, 0.5) is 13.2 Å². The molecule has 0 atom stereocenters. The largest absolute Gasteiger partial charge is 0.573 e. The van der Waals surface area contributed by atoms with Crippen LogP contribution in [-0.4, -0.2) is 55.5 Å². The van der Waals surface area contributed by atoms with E-state index in [4.69, 9.17) is 0 Å². The standard InChI is InChI=1S/C16H18F3N3O4S2/c17-16(18,19)26-12-2-1-3-13(10-12)28(24,25)22-7-4-11(5-8-22)14(23)21-15-20-6-9-27-15/h1-3,10-11H,4-9H2,(H,20,21,23). The van der Waals surface area contributed by atoms with Crippen LogP contribution in [0.3, 0.4) is 0 Å². The monoisotopic (exact) mass is 437 g/mol. The maximum atomic E-state index is 12.7. The SMILES string of the molecule is O=C(NC1=NCCS1)C1CCN(S(=O)(=O)c2cccc(OC(F)(F)F)c2)CC1. The molecule has 0 unspecified atom stereocenters. The summed E-state index contributed by atoms with van der Waals surface area (Å²) in [4.78, 5) is 16.1. The molecule has 3 rings (SSSR count). The van der Waals surface area contributed by atoms with E-state index >= 15 is 0 Å². The fourth-order valence-electron chi connectivity index (χ4n) is 2.96. The minimum Gasteiger partial charge on any atom is -0.406 e. The number of piperidine rings is 1. The Bertz CT molecular complexity index is 866. The van der Waals surface area contributed by atoms with Gasteiger partial charge in [0.25, 0.3) is 0 Å². The molecule has 1 N–H and O–H groups in total. The van der Waals surface area contributed by atoms with Gasteiger partial charge in [0.15, 0.2) is 5.17 Å². The van der Waals surface area contributed by atoms with Crippen LogP contribution >= 0.6 is 11.8 Å². The summed E-state index contributed by atoms with van der Waals surface area (Å²) in [5, 5.41) is 3.33. The first-order valence-corrected chi connectivity index (χ1v) is 10.9. The molecule has 0 aliphatic carbocycles. The van der Waals surface area contributed by atoms with E-state index in [9.17, 15) is 26.4 Å². The van der Waals surface area contributed by atoms with Gasteiger partial charge in [0.1, 0.15) is 5.75 Å². The van der Waals surface area contributed by atoms with Crippen LogP contribution in [0.1, 0.15) is 12.8 Å². The van der Waals surface area contributed by atoms with E-state index < -0.39 is 22.1 Å². The molecule has 0 radical (unpaired) electrons. The van der Waals surface area contributed by atoms with E-state index in [0.717, 1.165) is 17.9 Å². The van der Waals surface area contributed by atoms with E-state index in [-0.39, 0.29) is 29.8 Å². The minimum atomic E-state index is -4.91. The van der Waals surface area contributed by atoms with Crippen molar-refractivity contribution in [2.24, 2.45) is 10.9 Å². The van der Waals surface area contributed by atoms with Crippen LogP contribution in [0.15, 0.2) is 34.2 Å². The van der Waals surface area contributed by atoms with Crippen molar-refractivity contribution in [3.8, 4) is 5.75 Å². The first kappa shape index (κ1) is 20.9. The van der Waals surface area contributed by atoms with Crippen LogP contribution in [-0.2, 0) is 14.8 Å². The molecule has 0 aromatic heterocycles. The van der Waals surface area contributed by atoms with E-state index in [1.54, 1.807) is 0 Å². The molecule has 2 aliphatic heterocycles. The lowest BCUT2D eigenvalue weighted by molar-refractivity contribution is -0.274. The summed E-state index contributed by atoms with van der Waals surface area (Å²) in [6.45, 7) is 0.864. The second-order valence-electron chi connectivity index (χ2n) is 6.23. The summed E-state index contributed by atoms with van der Waals surface area (Å²) in [5.74, 6) is -0.303. The molecular formula is C16H18F3N3O4S2. The van der Waals surface area contributed by atoms with Gasteiger partial charge in [0, 0.05) is 30.8 Å². The molecule has 7 nitrogen and oxygen atoms in total. The lowest BCUT2D eigenvalue weighted by Gasteiger charge is -2.30. The van der Waals surface area contributed by atoms with Crippen molar-refractivity contribution in [3.05, 3.63) is 24.3 Å². The average molecular weight is 437 g/mol. The molecule has 1 fully saturated rings. The predicted octanol–water partition coefficient (Wildman–Crippen LogP) is 2.20. The zero-order valence-electron chi connectivity index (χ0n) is 14.6. The molecule has 0 spiro atoms. The second kappa shape index (κ2) is 8.29.